The fourth-order valence-corrected chi connectivity index (χ4v) is 1.61. The molecular formula is C11H17Cl2NO. The van der Waals surface area contributed by atoms with Crippen molar-refractivity contribution < 1.29 is 5.11 Å². The largest absolute Gasteiger partial charge is 0.391 e. The molecule has 0 radical (unpaired) electrons. The minimum Gasteiger partial charge on any atom is -0.391 e. The third kappa shape index (κ3) is 3.65. The first-order valence-electron chi connectivity index (χ1n) is 4.72. The molecule has 0 heterocycles. The van der Waals surface area contributed by atoms with E-state index in [1.54, 1.807) is 6.07 Å². The van der Waals surface area contributed by atoms with Crippen molar-refractivity contribution in [2.75, 3.05) is 0 Å². The monoisotopic (exact) mass is 249 g/mol. The van der Waals surface area contributed by atoms with Gasteiger partial charge in [0.05, 0.1) is 12.1 Å². The molecule has 0 bridgehead atoms. The summed E-state index contributed by atoms with van der Waals surface area (Å²) >= 11 is 5.98. The number of nitrogens with two attached hydrogens (primary N) is 1. The van der Waals surface area contributed by atoms with Crippen LogP contribution in [0.25, 0.3) is 0 Å². The third-order valence-corrected chi connectivity index (χ3v) is 2.66. The van der Waals surface area contributed by atoms with Gasteiger partial charge in [0.15, 0.2) is 0 Å². The highest BCUT2D eigenvalue weighted by atomic mass is 35.5. The Morgan fingerprint density at radius 3 is 2.27 bits per heavy atom. The number of benzene rings is 1. The van der Waals surface area contributed by atoms with Crippen LogP contribution in [0.3, 0.4) is 0 Å². The highest BCUT2D eigenvalue weighted by Gasteiger charge is 2.21. The van der Waals surface area contributed by atoms with Crippen LogP contribution < -0.4 is 5.73 Å². The lowest BCUT2D eigenvalue weighted by Gasteiger charge is -2.23. The Labute approximate surface area is 102 Å². The van der Waals surface area contributed by atoms with E-state index in [4.69, 9.17) is 17.3 Å². The molecule has 2 nitrogen and oxygen atoms in total. The molecule has 4 heteroatoms. The number of hydrogen-bond donors (Lipinski definition) is 2. The highest BCUT2D eigenvalue weighted by Crippen LogP contribution is 2.25. The van der Waals surface area contributed by atoms with Crippen LogP contribution in [0.2, 0.25) is 5.02 Å². The summed E-state index contributed by atoms with van der Waals surface area (Å²) in [6.45, 7) is 3.86. The topological polar surface area (TPSA) is 46.2 Å². The molecule has 0 spiro atoms. The van der Waals surface area contributed by atoms with Gasteiger partial charge >= 0.3 is 0 Å². The summed E-state index contributed by atoms with van der Waals surface area (Å²) in [5.41, 5.74) is 6.71. The van der Waals surface area contributed by atoms with E-state index in [2.05, 4.69) is 0 Å². The summed E-state index contributed by atoms with van der Waals surface area (Å²) in [6.07, 6.45) is -0.560. The van der Waals surface area contributed by atoms with E-state index < -0.39 is 12.1 Å². The molecule has 0 amide bonds. The zero-order valence-corrected chi connectivity index (χ0v) is 10.4. The normalized spacial score (nSPS) is 14.5. The number of aliphatic hydroxyl groups is 1. The third-order valence-electron chi connectivity index (χ3n) is 2.32. The molecule has 0 saturated carbocycles. The van der Waals surface area contributed by atoms with Crippen LogP contribution in [0.15, 0.2) is 24.3 Å². The second kappa shape index (κ2) is 6.33. The summed E-state index contributed by atoms with van der Waals surface area (Å²) in [7, 11) is 0. The van der Waals surface area contributed by atoms with E-state index in [1.165, 1.54) is 0 Å². The summed E-state index contributed by atoms with van der Waals surface area (Å²) in [6, 6.07) is 6.93. The smallest absolute Gasteiger partial charge is 0.0756 e. The average Bonchev–Trinajstić information content (AvgIpc) is 2.16. The van der Waals surface area contributed by atoms with Crippen LogP contribution in [0.4, 0.5) is 0 Å². The van der Waals surface area contributed by atoms with Crippen LogP contribution >= 0.6 is 24.0 Å². The van der Waals surface area contributed by atoms with Crippen molar-refractivity contribution in [3.8, 4) is 0 Å². The van der Waals surface area contributed by atoms with Crippen molar-refractivity contribution in [3.05, 3.63) is 34.9 Å². The van der Waals surface area contributed by atoms with Gasteiger partial charge in [0.1, 0.15) is 0 Å². The van der Waals surface area contributed by atoms with Crippen LogP contribution in [-0.2, 0) is 0 Å². The first kappa shape index (κ1) is 14.7. The Kier molecular flexibility index (Phi) is 6.22. The van der Waals surface area contributed by atoms with Crippen LogP contribution in [0, 0.1) is 5.92 Å². The average molecular weight is 250 g/mol. The van der Waals surface area contributed by atoms with E-state index in [0.29, 0.717) is 5.02 Å². The maximum atomic E-state index is 9.79. The highest BCUT2D eigenvalue weighted by molar-refractivity contribution is 6.31. The van der Waals surface area contributed by atoms with Gasteiger partial charge in [-0.1, -0.05) is 43.6 Å². The predicted molar refractivity (Wildman–Crippen MR) is 66.5 cm³/mol. The second-order valence-electron chi connectivity index (χ2n) is 3.78. The van der Waals surface area contributed by atoms with Gasteiger partial charge in [0.2, 0.25) is 0 Å². The second-order valence-corrected chi connectivity index (χ2v) is 4.19. The Morgan fingerprint density at radius 2 is 1.80 bits per heavy atom. The van der Waals surface area contributed by atoms with E-state index in [-0.39, 0.29) is 18.3 Å². The molecule has 0 unspecified atom stereocenters. The van der Waals surface area contributed by atoms with E-state index in [9.17, 15) is 5.11 Å². The van der Waals surface area contributed by atoms with E-state index in [0.717, 1.165) is 5.56 Å². The first-order chi connectivity index (χ1) is 6.54. The lowest BCUT2D eigenvalue weighted by atomic mass is 9.94. The molecule has 1 aromatic rings. The molecule has 15 heavy (non-hydrogen) atoms. The number of rotatable bonds is 3. The number of aliphatic hydroxyl groups excluding tert-OH is 1. The SMILES string of the molecule is CC(C)[C@H](O)[C@H](N)c1ccccc1Cl.Cl. The Bertz CT molecular complexity index is 304. The van der Waals surface area contributed by atoms with Gasteiger partial charge in [0, 0.05) is 5.02 Å². The zero-order chi connectivity index (χ0) is 10.7. The van der Waals surface area contributed by atoms with Gasteiger partial charge in [-0.2, -0.15) is 0 Å². The maximum absolute atomic E-state index is 9.79. The molecule has 0 aliphatic carbocycles. The zero-order valence-electron chi connectivity index (χ0n) is 8.85. The summed E-state index contributed by atoms with van der Waals surface area (Å²) in [4.78, 5) is 0. The standard InChI is InChI=1S/C11H16ClNO.ClH/c1-7(2)11(14)10(13)8-5-3-4-6-9(8)12;/h3-7,10-11,14H,13H2,1-2H3;1H/t10-,11+;/m1./s1. The van der Waals surface area contributed by atoms with Gasteiger partial charge in [0.25, 0.3) is 0 Å². The molecule has 0 saturated heterocycles. The van der Waals surface area contributed by atoms with Crippen LogP contribution in [0.5, 0.6) is 0 Å². The molecule has 0 aliphatic heterocycles. The lowest BCUT2D eigenvalue weighted by Crippen LogP contribution is -2.30. The molecule has 2 atom stereocenters. The molecule has 1 aromatic carbocycles. The van der Waals surface area contributed by atoms with Crippen molar-refractivity contribution in [1.29, 1.82) is 0 Å². The Hall–Kier alpha value is -0.280. The fraction of sp³-hybridized carbons (Fsp3) is 0.455. The molecular weight excluding hydrogens is 233 g/mol. The van der Waals surface area contributed by atoms with Crippen LogP contribution in [-0.4, -0.2) is 11.2 Å². The van der Waals surface area contributed by atoms with Gasteiger partial charge in [-0.25, -0.2) is 0 Å². The Balaban J connectivity index is 0.00000196. The maximum Gasteiger partial charge on any atom is 0.0756 e. The minimum absolute atomic E-state index is 0. The molecule has 0 aromatic heterocycles. The lowest BCUT2D eigenvalue weighted by molar-refractivity contribution is 0.0980. The van der Waals surface area contributed by atoms with Gasteiger partial charge in [-0.15, -0.1) is 12.4 Å². The van der Waals surface area contributed by atoms with Crippen molar-refractivity contribution >= 4 is 24.0 Å². The Morgan fingerprint density at radius 1 is 1.27 bits per heavy atom. The van der Waals surface area contributed by atoms with Crippen molar-refractivity contribution in [1.82, 2.24) is 0 Å². The number of halogens is 2. The summed E-state index contributed by atoms with van der Waals surface area (Å²) in [5, 5.41) is 10.4. The molecule has 0 fully saturated rings. The summed E-state index contributed by atoms with van der Waals surface area (Å²) in [5.74, 6) is 0.126. The minimum atomic E-state index is -0.560. The fourth-order valence-electron chi connectivity index (χ4n) is 1.34. The van der Waals surface area contributed by atoms with Crippen LogP contribution in [0.1, 0.15) is 25.5 Å². The van der Waals surface area contributed by atoms with Gasteiger partial charge < -0.3 is 10.8 Å². The predicted octanol–water partition coefficient (Wildman–Crippen LogP) is 2.78. The van der Waals surface area contributed by atoms with E-state index in [1.807, 2.05) is 32.0 Å². The van der Waals surface area contributed by atoms with Crippen molar-refractivity contribution in [2.45, 2.75) is 26.0 Å². The summed E-state index contributed by atoms with van der Waals surface area (Å²) < 4.78 is 0. The van der Waals surface area contributed by atoms with E-state index >= 15 is 0 Å². The quantitative estimate of drug-likeness (QED) is 0.866. The number of hydrogen-bond acceptors (Lipinski definition) is 2. The van der Waals surface area contributed by atoms with Gasteiger partial charge in [-0.05, 0) is 17.5 Å². The van der Waals surface area contributed by atoms with Gasteiger partial charge in [-0.3, -0.25) is 0 Å². The van der Waals surface area contributed by atoms with Crippen molar-refractivity contribution in [2.24, 2.45) is 11.7 Å². The molecule has 0 aliphatic rings. The molecule has 86 valence electrons. The molecule has 1 rings (SSSR count). The van der Waals surface area contributed by atoms with Crippen molar-refractivity contribution in [3.63, 3.8) is 0 Å². The first-order valence-corrected chi connectivity index (χ1v) is 5.10. The molecule has 3 N–H and O–H groups in total.